The molecule has 1 aromatic rings. The molecule has 1 aromatic carbocycles. The van der Waals surface area contributed by atoms with E-state index >= 15 is 0 Å². The minimum Gasteiger partial charge on any atom is -0.381 e. The van der Waals surface area contributed by atoms with Crippen molar-refractivity contribution < 1.29 is 17.6 Å². The molecule has 0 fully saturated rings. The SMILES string of the molecule is Cc1cc(NCCN(C)C)c(F)c(C(F)(F)F)c1. The predicted octanol–water partition coefficient (Wildman–Crippen LogP) is 3.13. The van der Waals surface area contributed by atoms with Gasteiger partial charge in [-0.05, 0) is 38.7 Å². The lowest BCUT2D eigenvalue weighted by atomic mass is 10.1. The van der Waals surface area contributed by atoms with Gasteiger partial charge in [-0.25, -0.2) is 4.39 Å². The highest BCUT2D eigenvalue weighted by molar-refractivity contribution is 5.51. The Kier molecular flexibility index (Phi) is 4.56. The van der Waals surface area contributed by atoms with Crippen LogP contribution in [0.3, 0.4) is 0 Å². The summed E-state index contributed by atoms with van der Waals surface area (Å²) in [5.41, 5.74) is -0.963. The highest BCUT2D eigenvalue weighted by Crippen LogP contribution is 2.34. The van der Waals surface area contributed by atoms with Gasteiger partial charge < -0.3 is 10.2 Å². The van der Waals surface area contributed by atoms with Gasteiger partial charge in [-0.3, -0.25) is 0 Å². The Bertz CT molecular complexity index is 413. The first kappa shape index (κ1) is 14.8. The van der Waals surface area contributed by atoms with E-state index < -0.39 is 17.6 Å². The second-order valence-corrected chi connectivity index (χ2v) is 4.40. The molecular formula is C12H16F4N2. The van der Waals surface area contributed by atoms with E-state index in [0.717, 1.165) is 6.07 Å². The summed E-state index contributed by atoms with van der Waals surface area (Å²) in [5.74, 6) is -1.24. The maximum absolute atomic E-state index is 13.7. The van der Waals surface area contributed by atoms with Crippen molar-refractivity contribution in [2.24, 2.45) is 0 Å². The normalized spacial score (nSPS) is 12.0. The van der Waals surface area contributed by atoms with Crippen LogP contribution in [-0.4, -0.2) is 32.1 Å². The molecule has 0 heterocycles. The zero-order valence-electron chi connectivity index (χ0n) is 10.5. The molecule has 0 atom stereocenters. The van der Waals surface area contributed by atoms with Crippen LogP contribution in [0.2, 0.25) is 0 Å². The van der Waals surface area contributed by atoms with Gasteiger partial charge in [0.25, 0.3) is 0 Å². The van der Waals surface area contributed by atoms with Crippen molar-refractivity contribution >= 4 is 5.69 Å². The van der Waals surface area contributed by atoms with Crippen LogP contribution in [0.15, 0.2) is 12.1 Å². The topological polar surface area (TPSA) is 15.3 Å². The number of hydrogen-bond acceptors (Lipinski definition) is 2. The van der Waals surface area contributed by atoms with Crippen molar-refractivity contribution in [2.75, 3.05) is 32.5 Å². The van der Waals surface area contributed by atoms with Gasteiger partial charge in [-0.1, -0.05) is 0 Å². The van der Waals surface area contributed by atoms with E-state index in [0.29, 0.717) is 18.7 Å². The van der Waals surface area contributed by atoms with Crippen molar-refractivity contribution in [3.8, 4) is 0 Å². The molecule has 0 aromatic heterocycles. The molecule has 6 heteroatoms. The Morgan fingerprint density at radius 3 is 2.33 bits per heavy atom. The zero-order valence-corrected chi connectivity index (χ0v) is 10.5. The predicted molar refractivity (Wildman–Crippen MR) is 63.2 cm³/mol. The van der Waals surface area contributed by atoms with E-state index in [-0.39, 0.29) is 5.69 Å². The van der Waals surface area contributed by atoms with Crippen molar-refractivity contribution in [1.82, 2.24) is 4.90 Å². The van der Waals surface area contributed by atoms with E-state index in [9.17, 15) is 17.6 Å². The minimum absolute atomic E-state index is 0.107. The molecule has 1 N–H and O–H groups in total. The van der Waals surface area contributed by atoms with Crippen LogP contribution in [-0.2, 0) is 6.18 Å². The van der Waals surface area contributed by atoms with Gasteiger partial charge in [0, 0.05) is 13.1 Å². The molecule has 2 nitrogen and oxygen atoms in total. The van der Waals surface area contributed by atoms with E-state index in [2.05, 4.69) is 5.32 Å². The summed E-state index contributed by atoms with van der Waals surface area (Å²) in [6.07, 6.45) is -4.67. The van der Waals surface area contributed by atoms with Gasteiger partial charge in [-0.2, -0.15) is 13.2 Å². The summed E-state index contributed by atoms with van der Waals surface area (Å²) >= 11 is 0. The molecule has 102 valence electrons. The molecule has 0 unspecified atom stereocenters. The van der Waals surface area contributed by atoms with Crippen LogP contribution in [0.4, 0.5) is 23.2 Å². The number of aryl methyl sites for hydroxylation is 1. The molecule has 18 heavy (non-hydrogen) atoms. The molecule has 0 amide bonds. The second kappa shape index (κ2) is 5.56. The monoisotopic (exact) mass is 264 g/mol. The second-order valence-electron chi connectivity index (χ2n) is 4.40. The molecule has 0 spiro atoms. The standard InChI is InChI=1S/C12H16F4N2/c1-8-6-9(12(14,15)16)11(13)10(7-8)17-4-5-18(2)3/h6-7,17H,4-5H2,1-3H3. The fourth-order valence-electron chi connectivity index (χ4n) is 1.52. The smallest absolute Gasteiger partial charge is 0.381 e. The van der Waals surface area contributed by atoms with E-state index in [1.807, 2.05) is 19.0 Å². The maximum Gasteiger partial charge on any atom is 0.419 e. The zero-order chi connectivity index (χ0) is 13.9. The van der Waals surface area contributed by atoms with Crippen molar-refractivity contribution in [1.29, 1.82) is 0 Å². The minimum atomic E-state index is -4.67. The van der Waals surface area contributed by atoms with Gasteiger partial charge in [0.2, 0.25) is 0 Å². The molecule has 0 aliphatic carbocycles. The quantitative estimate of drug-likeness (QED) is 0.840. The lowest BCUT2D eigenvalue weighted by Gasteiger charge is -2.15. The molecule has 0 aliphatic heterocycles. The van der Waals surface area contributed by atoms with E-state index in [1.54, 1.807) is 0 Å². The number of halogens is 4. The number of likely N-dealkylation sites (N-methyl/N-ethyl adjacent to an activating group) is 1. The van der Waals surface area contributed by atoms with Gasteiger partial charge in [-0.15, -0.1) is 0 Å². The third-order valence-corrected chi connectivity index (χ3v) is 2.40. The number of rotatable bonds is 4. The molecule has 0 saturated carbocycles. The number of alkyl halides is 3. The van der Waals surface area contributed by atoms with Crippen LogP contribution in [0.25, 0.3) is 0 Å². The Labute approximate surface area is 104 Å². The maximum atomic E-state index is 13.7. The average Bonchev–Trinajstić information content (AvgIpc) is 2.20. The molecule has 1 rings (SSSR count). The number of nitrogens with zero attached hydrogens (tertiary/aromatic N) is 1. The Morgan fingerprint density at radius 1 is 1.22 bits per heavy atom. The van der Waals surface area contributed by atoms with Crippen LogP contribution in [0, 0.1) is 12.7 Å². The molecule has 0 radical (unpaired) electrons. The third-order valence-electron chi connectivity index (χ3n) is 2.40. The Morgan fingerprint density at radius 2 is 1.83 bits per heavy atom. The summed E-state index contributed by atoms with van der Waals surface area (Å²) in [5, 5.41) is 2.68. The van der Waals surface area contributed by atoms with E-state index in [1.165, 1.54) is 13.0 Å². The van der Waals surface area contributed by atoms with Crippen LogP contribution < -0.4 is 5.32 Å². The lowest BCUT2D eigenvalue weighted by Crippen LogP contribution is -2.21. The largest absolute Gasteiger partial charge is 0.419 e. The van der Waals surface area contributed by atoms with Crippen LogP contribution in [0.1, 0.15) is 11.1 Å². The number of hydrogen-bond donors (Lipinski definition) is 1. The number of benzene rings is 1. The van der Waals surface area contributed by atoms with Crippen molar-refractivity contribution in [3.05, 3.63) is 29.1 Å². The molecule has 0 saturated heterocycles. The summed E-state index contributed by atoms with van der Waals surface area (Å²) in [6, 6.07) is 2.19. The van der Waals surface area contributed by atoms with Gasteiger partial charge in [0.15, 0.2) is 5.82 Å². The van der Waals surface area contributed by atoms with Crippen molar-refractivity contribution in [2.45, 2.75) is 13.1 Å². The highest BCUT2D eigenvalue weighted by Gasteiger charge is 2.35. The first-order valence-electron chi connectivity index (χ1n) is 5.47. The Hall–Kier alpha value is -1.30. The van der Waals surface area contributed by atoms with Crippen LogP contribution in [0.5, 0.6) is 0 Å². The summed E-state index contributed by atoms with van der Waals surface area (Å²) < 4.78 is 51.4. The fourth-order valence-corrected chi connectivity index (χ4v) is 1.52. The van der Waals surface area contributed by atoms with Gasteiger partial charge >= 0.3 is 6.18 Å². The molecule has 0 bridgehead atoms. The van der Waals surface area contributed by atoms with E-state index in [4.69, 9.17) is 0 Å². The number of nitrogens with one attached hydrogen (secondary N) is 1. The molecular weight excluding hydrogens is 248 g/mol. The highest BCUT2D eigenvalue weighted by atomic mass is 19.4. The average molecular weight is 264 g/mol. The first-order chi connectivity index (χ1) is 8.21. The molecule has 0 aliphatic rings. The lowest BCUT2D eigenvalue weighted by molar-refractivity contribution is -0.139. The number of anilines is 1. The van der Waals surface area contributed by atoms with Crippen molar-refractivity contribution in [3.63, 3.8) is 0 Å². The fraction of sp³-hybridized carbons (Fsp3) is 0.500. The Balaban J connectivity index is 2.95. The summed E-state index contributed by atoms with van der Waals surface area (Å²) in [6.45, 7) is 2.49. The summed E-state index contributed by atoms with van der Waals surface area (Å²) in [7, 11) is 3.66. The van der Waals surface area contributed by atoms with Gasteiger partial charge in [0.05, 0.1) is 11.3 Å². The van der Waals surface area contributed by atoms with Gasteiger partial charge in [0.1, 0.15) is 0 Å². The summed E-state index contributed by atoms with van der Waals surface area (Å²) in [4.78, 5) is 1.85. The third kappa shape index (κ3) is 3.87. The van der Waals surface area contributed by atoms with Crippen LogP contribution >= 0.6 is 0 Å². The first-order valence-corrected chi connectivity index (χ1v) is 5.47.